The van der Waals surface area contributed by atoms with Crippen molar-refractivity contribution in [1.29, 1.82) is 0 Å². The Morgan fingerprint density at radius 1 is 1.26 bits per heavy atom. The van der Waals surface area contributed by atoms with Gasteiger partial charge in [0, 0.05) is 6.07 Å². The minimum absolute atomic E-state index is 0.194. The van der Waals surface area contributed by atoms with Gasteiger partial charge in [0.15, 0.2) is 22.4 Å². The van der Waals surface area contributed by atoms with Gasteiger partial charge >= 0.3 is 0 Å². The quantitative estimate of drug-likeness (QED) is 0.530. The summed E-state index contributed by atoms with van der Waals surface area (Å²) in [5.41, 5.74) is 0. The second-order valence-electron chi connectivity index (χ2n) is 4.98. The van der Waals surface area contributed by atoms with Crippen LogP contribution in [0.5, 0.6) is 11.6 Å². The Bertz CT molecular complexity index is 668. The van der Waals surface area contributed by atoms with Crippen LogP contribution in [0.4, 0.5) is 8.78 Å². The Balaban J connectivity index is 2.30. The van der Waals surface area contributed by atoms with E-state index < -0.39 is 22.5 Å². The van der Waals surface area contributed by atoms with E-state index in [1.165, 1.54) is 0 Å². The van der Waals surface area contributed by atoms with Gasteiger partial charge < -0.3 is 10.6 Å². The van der Waals surface area contributed by atoms with Gasteiger partial charge in [-0.2, -0.15) is 0 Å². The number of nitrogens with zero attached hydrogens (tertiary/aromatic N) is 2. The van der Waals surface area contributed by atoms with E-state index in [1.54, 1.807) is 5.38 Å². The molecule has 0 radical (unpaired) electrons. The Kier molecular flexibility index (Phi) is 6.05. The number of nitrogen functional groups attached to an aromatic ring is 1. The zero-order valence-corrected chi connectivity index (χ0v) is 14.0. The molecule has 2 rings (SSSR count). The van der Waals surface area contributed by atoms with Crippen molar-refractivity contribution >= 4 is 10.9 Å². The molecule has 0 bridgehead atoms. The molecule has 0 aliphatic heterocycles. The molecule has 2 aromatic rings. The smallest absolute Gasteiger partial charge is 0.273 e. The molecule has 0 fully saturated rings. The number of H-pyrrole nitrogens is 2. The van der Waals surface area contributed by atoms with Crippen LogP contribution in [-0.4, -0.2) is 27.6 Å². The van der Waals surface area contributed by atoms with E-state index in [0.29, 0.717) is 0 Å². The van der Waals surface area contributed by atoms with E-state index in [2.05, 4.69) is 27.7 Å². The van der Waals surface area contributed by atoms with Crippen molar-refractivity contribution in [3.8, 4) is 11.6 Å². The summed E-state index contributed by atoms with van der Waals surface area (Å²) >= 11 is 0. The van der Waals surface area contributed by atoms with Gasteiger partial charge in [-0.15, -0.1) is 0 Å². The Hall–Kier alpha value is -2.00. The van der Waals surface area contributed by atoms with Gasteiger partial charge in [0.05, 0.1) is 13.1 Å². The summed E-state index contributed by atoms with van der Waals surface area (Å²) in [6, 6.07) is 3.05. The van der Waals surface area contributed by atoms with E-state index >= 15 is 0 Å². The van der Waals surface area contributed by atoms with Crippen LogP contribution in [-0.2, 0) is 0 Å². The second kappa shape index (κ2) is 8.02. The molecule has 0 saturated carbocycles. The lowest BCUT2D eigenvalue weighted by molar-refractivity contribution is 0.408. The van der Waals surface area contributed by atoms with Crippen molar-refractivity contribution in [2.75, 3.05) is 23.2 Å². The van der Waals surface area contributed by atoms with Crippen molar-refractivity contribution in [2.45, 2.75) is 26.7 Å². The van der Waals surface area contributed by atoms with Crippen LogP contribution in [0.3, 0.4) is 0 Å². The average molecular weight is 346 g/mol. The fraction of sp³-hybridized carbons (Fsp3) is 0.429. The predicted octanol–water partition coefficient (Wildman–Crippen LogP) is 3.56. The van der Waals surface area contributed by atoms with Crippen LogP contribution in [0, 0.1) is 11.6 Å². The fourth-order valence-electron chi connectivity index (χ4n) is 2.06. The molecule has 1 heterocycles. The maximum atomic E-state index is 13.7. The number of aromatic nitrogens is 3. The average Bonchev–Trinajstić information content (AvgIpc) is 2.50. The van der Waals surface area contributed by atoms with Gasteiger partial charge in [-0.05, 0) is 25.0 Å². The molecule has 0 saturated heterocycles. The number of halogens is 2. The third kappa shape index (κ3) is 4.73. The number of ether oxygens (including phenoxy) is 1. The summed E-state index contributed by atoms with van der Waals surface area (Å²) in [7, 11) is -0.509. The summed E-state index contributed by atoms with van der Waals surface area (Å²) in [6.07, 6.45) is 1.98. The van der Waals surface area contributed by atoms with Crippen molar-refractivity contribution in [3.05, 3.63) is 35.2 Å². The summed E-state index contributed by atoms with van der Waals surface area (Å²) in [6.45, 7) is 5.96. The monoisotopic (exact) mass is 346 g/mol. The summed E-state index contributed by atoms with van der Waals surface area (Å²) in [5.74, 6) is 4.61. The van der Waals surface area contributed by atoms with Crippen molar-refractivity contribution in [1.82, 2.24) is 14.5 Å². The largest absolute Gasteiger partial charge is 0.432 e. The summed E-state index contributed by atoms with van der Waals surface area (Å²) < 4.78 is 37.6. The molecule has 0 aliphatic carbocycles. The lowest BCUT2D eigenvalue weighted by Crippen LogP contribution is -2.27. The minimum atomic E-state index is -0.643. The lowest BCUT2D eigenvalue weighted by Gasteiger charge is -2.13. The van der Waals surface area contributed by atoms with Gasteiger partial charge in [-0.1, -0.05) is 27.5 Å². The highest BCUT2D eigenvalue weighted by molar-refractivity contribution is 7.26. The highest BCUT2D eigenvalue weighted by Crippen LogP contribution is 2.27. The molecule has 1 aromatic carbocycles. The molecular weight excluding hydrogens is 324 g/mol. The van der Waals surface area contributed by atoms with Crippen LogP contribution in [0.2, 0.25) is 0 Å². The summed E-state index contributed by atoms with van der Waals surface area (Å²) in [5, 5.41) is 4.49. The minimum Gasteiger partial charge on any atom is -0.432 e. The van der Waals surface area contributed by atoms with E-state index in [4.69, 9.17) is 10.6 Å². The van der Waals surface area contributed by atoms with Crippen LogP contribution in [0.15, 0.2) is 23.6 Å². The van der Waals surface area contributed by atoms with Gasteiger partial charge in [-0.3, -0.25) is 0 Å². The number of aromatic amines is 2. The predicted molar refractivity (Wildman–Crippen MR) is 88.4 cm³/mol. The van der Waals surface area contributed by atoms with Gasteiger partial charge in [0.1, 0.15) is 5.82 Å². The first-order valence-electron chi connectivity index (χ1n) is 7.44. The summed E-state index contributed by atoms with van der Waals surface area (Å²) in [4.78, 5) is 1.16. The van der Waals surface area contributed by atoms with Gasteiger partial charge in [-0.25, -0.2) is 13.9 Å². The molecule has 4 N–H and O–H groups in total. The molecule has 1 unspecified atom stereocenters. The number of rotatable bonds is 7. The van der Waals surface area contributed by atoms with Gasteiger partial charge in [0.2, 0.25) is 5.38 Å². The fourth-order valence-corrected chi connectivity index (χ4v) is 3.68. The van der Waals surface area contributed by atoms with E-state index in [9.17, 15) is 8.78 Å². The molecule has 0 amide bonds. The highest BCUT2D eigenvalue weighted by Gasteiger charge is 2.19. The zero-order chi connectivity index (χ0) is 16.8. The SMILES string of the molecule is CCCN(CCC)[s+]1cc(Oc2cc(F)ccc2F)[nH]n(N)[nH]1. The number of benzene rings is 1. The van der Waals surface area contributed by atoms with Crippen LogP contribution < -0.4 is 14.9 Å². The first-order valence-corrected chi connectivity index (χ1v) is 8.68. The second-order valence-corrected chi connectivity index (χ2v) is 6.54. The molecule has 128 valence electrons. The maximum absolute atomic E-state index is 13.7. The molecule has 1 atom stereocenters. The maximum Gasteiger partial charge on any atom is 0.273 e. The zero-order valence-electron chi connectivity index (χ0n) is 13.2. The van der Waals surface area contributed by atoms with Crippen molar-refractivity contribution in [3.63, 3.8) is 0 Å². The van der Waals surface area contributed by atoms with Gasteiger partial charge in [0.25, 0.3) is 5.88 Å². The third-order valence-electron chi connectivity index (χ3n) is 2.98. The normalized spacial score (nSPS) is 11.8. The molecule has 1 aromatic heterocycles. The molecule has 9 heteroatoms. The Labute approximate surface area is 136 Å². The van der Waals surface area contributed by atoms with Crippen molar-refractivity contribution in [2.24, 2.45) is 0 Å². The Morgan fingerprint density at radius 3 is 2.61 bits per heavy atom. The topological polar surface area (TPSA) is 75.0 Å². The number of hydrogen-bond donors (Lipinski definition) is 3. The van der Waals surface area contributed by atoms with Crippen LogP contribution >= 0.6 is 10.9 Å². The number of hydrogen-bond acceptors (Lipinski definition) is 3. The lowest BCUT2D eigenvalue weighted by atomic mass is 10.3. The van der Waals surface area contributed by atoms with E-state index in [1.807, 2.05) is 0 Å². The third-order valence-corrected chi connectivity index (χ3v) is 4.72. The molecule has 0 spiro atoms. The first-order chi connectivity index (χ1) is 11.0. The highest BCUT2D eigenvalue weighted by atomic mass is 32.2. The standard InChI is InChI=1S/C14H21F2N5OS/c1-3-7-20(8-4-2)23-10-14(18-21(17)19-23)22-13-9-11(15)5-6-12(13)16/h5-6,9-10,18H,3-4,7-8,17H2,1-2H3/p+1. The van der Waals surface area contributed by atoms with Crippen molar-refractivity contribution < 1.29 is 13.5 Å². The van der Waals surface area contributed by atoms with Crippen LogP contribution in [0.25, 0.3) is 0 Å². The Morgan fingerprint density at radius 2 is 1.96 bits per heavy atom. The van der Waals surface area contributed by atoms with E-state index in [-0.39, 0.29) is 11.6 Å². The first kappa shape index (κ1) is 17.4. The number of nitrogens with two attached hydrogens (primary N) is 1. The molecule has 0 aliphatic rings. The molecule has 6 nitrogen and oxygen atoms in total. The van der Waals surface area contributed by atoms with Crippen LogP contribution in [0.1, 0.15) is 26.7 Å². The van der Waals surface area contributed by atoms with E-state index in [0.717, 1.165) is 49.0 Å². The molecule has 23 heavy (non-hydrogen) atoms. The molecular formula is C14H22F2N5OS+. The number of nitrogens with one attached hydrogen (secondary N) is 2.